The van der Waals surface area contributed by atoms with Gasteiger partial charge in [-0.15, -0.1) is 13.2 Å². The zero-order valence-corrected chi connectivity index (χ0v) is 10.2. The van der Waals surface area contributed by atoms with Crippen LogP contribution in [0.25, 0.3) is 0 Å². The molecule has 1 saturated heterocycles. The van der Waals surface area contributed by atoms with E-state index in [-0.39, 0.29) is 16.4 Å². The van der Waals surface area contributed by atoms with Crippen LogP contribution in [0.2, 0.25) is 0 Å². The molecule has 2 rings (SSSR count). The summed E-state index contributed by atoms with van der Waals surface area (Å²) in [5, 5.41) is 10.8. The second kappa shape index (κ2) is 6.54. The molecule has 1 aliphatic rings. The summed E-state index contributed by atoms with van der Waals surface area (Å²) < 4.78 is 0. The van der Waals surface area contributed by atoms with E-state index >= 15 is 0 Å². The monoisotopic (exact) mass is 248 g/mol. The van der Waals surface area contributed by atoms with E-state index in [1.165, 1.54) is 6.07 Å². The number of piperidine rings is 1. The fraction of sp³-hybridized carbons (Fsp3) is 0.308. The minimum Gasteiger partial charge on any atom is -0.365 e. The summed E-state index contributed by atoms with van der Waals surface area (Å²) in [5.74, 6) is 0.231. The number of nitro groups is 1. The van der Waals surface area contributed by atoms with Crippen molar-refractivity contribution in [1.82, 2.24) is 0 Å². The first-order chi connectivity index (χ1) is 8.68. The molecule has 1 aromatic carbocycles. The fourth-order valence-electron chi connectivity index (χ4n) is 1.88. The van der Waals surface area contributed by atoms with Crippen molar-refractivity contribution in [2.75, 3.05) is 18.0 Å². The van der Waals surface area contributed by atoms with E-state index in [2.05, 4.69) is 13.2 Å². The minimum atomic E-state index is -0.383. The topological polar surface area (TPSA) is 63.5 Å². The Morgan fingerprint density at radius 3 is 2.28 bits per heavy atom. The highest BCUT2D eigenvalue weighted by Gasteiger charge is 2.22. The summed E-state index contributed by atoms with van der Waals surface area (Å²) in [6.45, 7) is 7.15. The highest BCUT2D eigenvalue weighted by molar-refractivity contribution is 5.81. The lowest BCUT2D eigenvalue weighted by Crippen LogP contribution is -2.34. The third-order valence-electron chi connectivity index (χ3n) is 2.74. The maximum atomic E-state index is 11.1. The second-order valence-corrected chi connectivity index (χ2v) is 3.77. The van der Waals surface area contributed by atoms with Gasteiger partial charge in [0.05, 0.1) is 4.92 Å². The summed E-state index contributed by atoms with van der Waals surface area (Å²) in [5.41, 5.74) is 0.719. The lowest BCUT2D eigenvalue weighted by atomic mass is 10.1. The van der Waals surface area contributed by atoms with Crippen LogP contribution in [0.1, 0.15) is 12.8 Å². The molecule has 0 aliphatic carbocycles. The first-order valence-electron chi connectivity index (χ1n) is 5.68. The van der Waals surface area contributed by atoms with E-state index in [9.17, 15) is 14.9 Å². The molecule has 0 saturated carbocycles. The van der Waals surface area contributed by atoms with Gasteiger partial charge in [-0.1, -0.05) is 12.1 Å². The molecule has 5 nitrogen and oxygen atoms in total. The number of carbonyl (C=O) groups is 1. The number of para-hydroxylation sites is 2. The van der Waals surface area contributed by atoms with Crippen molar-refractivity contribution in [3.05, 3.63) is 47.5 Å². The van der Waals surface area contributed by atoms with Crippen LogP contribution >= 0.6 is 0 Å². The fourth-order valence-corrected chi connectivity index (χ4v) is 1.88. The molecule has 0 unspecified atom stereocenters. The summed E-state index contributed by atoms with van der Waals surface area (Å²) in [6, 6.07) is 6.65. The van der Waals surface area contributed by atoms with Crippen molar-refractivity contribution >= 4 is 17.2 Å². The average molecular weight is 248 g/mol. The Hall–Kier alpha value is -2.17. The van der Waals surface area contributed by atoms with E-state index in [0.29, 0.717) is 31.6 Å². The van der Waals surface area contributed by atoms with Gasteiger partial charge in [0.15, 0.2) is 0 Å². The Bertz CT molecular complexity index is 436. The molecule has 1 aromatic rings. The van der Waals surface area contributed by atoms with Gasteiger partial charge in [-0.05, 0) is 6.07 Å². The molecule has 1 fully saturated rings. The molecular weight excluding hydrogens is 232 g/mol. The van der Waals surface area contributed by atoms with Gasteiger partial charge >= 0.3 is 0 Å². The maximum absolute atomic E-state index is 11.1. The van der Waals surface area contributed by atoms with Crippen molar-refractivity contribution in [1.29, 1.82) is 0 Å². The molecule has 96 valence electrons. The average Bonchev–Trinajstić information content (AvgIpc) is 2.42. The number of hydrogen-bond donors (Lipinski definition) is 0. The molecule has 0 radical (unpaired) electrons. The van der Waals surface area contributed by atoms with Crippen molar-refractivity contribution < 1.29 is 9.72 Å². The summed E-state index contributed by atoms with van der Waals surface area (Å²) in [6.07, 6.45) is 0.956. The number of nitrogens with zero attached hydrogens (tertiary/aromatic N) is 2. The van der Waals surface area contributed by atoms with Crippen molar-refractivity contribution in [2.45, 2.75) is 12.8 Å². The van der Waals surface area contributed by atoms with Crippen LogP contribution in [0, 0.1) is 10.1 Å². The predicted octanol–water partition coefficient (Wildman–Crippen LogP) is 2.57. The van der Waals surface area contributed by atoms with Gasteiger partial charge < -0.3 is 4.90 Å². The molecule has 5 heteroatoms. The Balaban J connectivity index is 0.000000771. The third kappa shape index (κ3) is 3.16. The van der Waals surface area contributed by atoms with E-state index in [1.807, 2.05) is 4.90 Å². The van der Waals surface area contributed by atoms with Gasteiger partial charge in [0.25, 0.3) is 5.69 Å². The predicted molar refractivity (Wildman–Crippen MR) is 70.8 cm³/mol. The van der Waals surface area contributed by atoms with Crippen LogP contribution in [-0.4, -0.2) is 23.8 Å². The number of rotatable bonds is 2. The Morgan fingerprint density at radius 1 is 1.17 bits per heavy atom. The zero-order chi connectivity index (χ0) is 13.5. The van der Waals surface area contributed by atoms with Gasteiger partial charge in [-0.3, -0.25) is 14.9 Å². The molecule has 0 bridgehead atoms. The standard InChI is InChI=1S/C11H12N2O3.C2H4/c14-9-5-7-12(8-6-9)10-3-1-2-4-11(10)13(15)16;1-2/h1-4H,5-8H2;1-2H2. The first-order valence-corrected chi connectivity index (χ1v) is 5.68. The van der Waals surface area contributed by atoms with E-state index in [4.69, 9.17) is 0 Å². The Morgan fingerprint density at radius 2 is 1.72 bits per heavy atom. The number of benzene rings is 1. The van der Waals surface area contributed by atoms with Crippen molar-refractivity contribution in [2.24, 2.45) is 0 Å². The number of carbonyl (C=O) groups excluding carboxylic acids is 1. The van der Waals surface area contributed by atoms with Crippen molar-refractivity contribution in [3.8, 4) is 0 Å². The lowest BCUT2D eigenvalue weighted by Gasteiger charge is -2.27. The molecule has 1 aliphatic heterocycles. The normalized spacial score (nSPS) is 14.7. The number of nitro benzene ring substituents is 1. The van der Waals surface area contributed by atoms with Crippen LogP contribution in [-0.2, 0) is 4.79 Å². The van der Waals surface area contributed by atoms with E-state index in [1.54, 1.807) is 18.2 Å². The smallest absolute Gasteiger partial charge is 0.292 e. The van der Waals surface area contributed by atoms with Crippen LogP contribution < -0.4 is 4.90 Å². The molecule has 0 amide bonds. The van der Waals surface area contributed by atoms with Gasteiger partial charge in [0, 0.05) is 32.0 Å². The van der Waals surface area contributed by atoms with Crippen molar-refractivity contribution in [3.63, 3.8) is 0 Å². The molecule has 1 heterocycles. The SMILES string of the molecule is C=C.O=C1CCN(c2ccccc2[N+](=O)[O-])CC1. The largest absolute Gasteiger partial charge is 0.365 e. The number of Topliss-reactive ketones (excluding diaryl/α,β-unsaturated/α-hetero) is 1. The van der Waals surface area contributed by atoms with E-state index < -0.39 is 0 Å². The van der Waals surface area contributed by atoms with Gasteiger partial charge in [-0.25, -0.2) is 0 Å². The van der Waals surface area contributed by atoms with Crippen LogP contribution in [0.4, 0.5) is 11.4 Å². The highest BCUT2D eigenvalue weighted by atomic mass is 16.6. The van der Waals surface area contributed by atoms with Crippen LogP contribution in [0.5, 0.6) is 0 Å². The lowest BCUT2D eigenvalue weighted by molar-refractivity contribution is -0.384. The summed E-state index contributed by atoms with van der Waals surface area (Å²) >= 11 is 0. The quantitative estimate of drug-likeness (QED) is 0.458. The minimum absolute atomic E-state index is 0.108. The second-order valence-electron chi connectivity index (χ2n) is 3.77. The highest BCUT2D eigenvalue weighted by Crippen LogP contribution is 2.29. The number of ketones is 1. The zero-order valence-electron chi connectivity index (χ0n) is 10.2. The van der Waals surface area contributed by atoms with Gasteiger partial charge in [0.2, 0.25) is 0 Å². The first kappa shape index (κ1) is 13.9. The third-order valence-corrected chi connectivity index (χ3v) is 2.74. The van der Waals surface area contributed by atoms with Crippen LogP contribution in [0.15, 0.2) is 37.4 Å². The number of anilines is 1. The molecule has 0 aromatic heterocycles. The summed E-state index contributed by atoms with van der Waals surface area (Å²) in [4.78, 5) is 23.5. The number of hydrogen-bond acceptors (Lipinski definition) is 4. The maximum Gasteiger partial charge on any atom is 0.292 e. The molecule has 0 atom stereocenters. The summed E-state index contributed by atoms with van der Waals surface area (Å²) in [7, 11) is 0. The van der Waals surface area contributed by atoms with Crippen LogP contribution in [0.3, 0.4) is 0 Å². The Kier molecular flexibility index (Phi) is 5.05. The van der Waals surface area contributed by atoms with E-state index in [0.717, 1.165) is 0 Å². The van der Waals surface area contributed by atoms with Gasteiger partial charge in [-0.2, -0.15) is 0 Å². The molecular formula is C13H16N2O3. The molecule has 18 heavy (non-hydrogen) atoms. The molecule has 0 spiro atoms. The molecule has 0 N–H and O–H groups in total. The Labute approximate surface area is 106 Å². The van der Waals surface area contributed by atoms with Gasteiger partial charge in [0.1, 0.15) is 11.5 Å².